The van der Waals surface area contributed by atoms with Crippen LogP contribution in [-0.2, 0) is 16.1 Å². The van der Waals surface area contributed by atoms with Crippen LogP contribution in [0.3, 0.4) is 0 Å². The number of nitrogens with zero attached hydrogens (tertiary/aromatic N) is 3. The van der Waals surface area contributed by atoms with Crippen molar-refractivity contribution in [1.29, 1.82) is 0 Å². The molecular formula is C22H19N5O3. The van der Waals surface area contributed by atoms with E-state index in [1.807, 2.05) is 47.2 Å². The maximum absolute atomic E-state index is 12.8. The van der Waals surface area contributed by atoms with E-state index in [1.54, 1.807) is 17.3 Å². The van der Waals surface area contributed by atoms with Gasteiger partial charge in [-0.3, -0.25) is 19.7 Å². The van der Waals surface area contributed by atoms with Crippen LogP contribution in [0.25, 0.3) is 16.9 Å². The third kappa shape index (κ3) is 3.02. The summed E-state index contributed by atoms with van der Waals surface area (Å²) in [5, 5.41) is 2.32. The summed E-state index contributed by atoms with van der Waals surface area (Å²) < 4.78 is 1.89. The van der Waals surface area contributed by atoms with E-state index in [2.05, 4.69) is 10.3 Å². The highest BCUT2D eigenvalue weighted by molar-refractivity contribution is 6.05. The van der Waals surface area contributed by atoms with Gasteiger partial charge < -0.3 is 15.2 Å². The zero-order valence-electron chi connectivity index (χ0n) is 16.0. The van der Waals surface area contributed by atoms with Gasteiger partial charge in [0.15, 0.2) is 0 Å². The molecule has 8 heteroatoms. The lowest BCUT2D eigenvalue weighted by molar-refractivity contribution is -0.136. The van der Waals surface area contributed by atoms with Gasteiger partial charge in [0.05, 0.1) is 12.0 Å². The molecule has 1 unspecified atom stereocenters. The zero-order chi connectivity index (χ0) is 20.8. The molecule has 3 N–H and O–H groups in total. The Morgan fingerprint density at radius 2 is 1.97 bits per heavy atom. The molecule has 0 radical (unpaired) electrons. The van der Waals surface area contributed by atoms with E-state index in [0.29, 0.717) is 24.2 Å². The molecule has 150 valence electrons. The minimum absolute atomic E-state index is 0.184. The second-order valence-corrected chi connectivity index (χ2v) is 7.53. The van der Waals surface area contributed by atoms with Crippen molar-refractivity contribution in [2.24, 2.45) is 0 Å². The predicted octanol–water partition coefficient (Wildman–Crippen LogP) is 1.88. The molecule has 30 heavy (non-hydrogen) atoms. The quantitative estimate of drug-likeness (QED) is 0.514. The smallest absolute Gasteiger partial charge is 0.255 e. The average molecular weight is 401 g/mol. The Morgan fingerprint density at radius 3 is 2.77 bits per heavy atom. The number of nitrogen functional groups attached to an aromatic ring is 1. The lowest BCUT2D eigenvalue weighted by Gasteiger charge is -2.29. The van der Waals surface area contributed by atoms with Crippen molar-refractivity contribution in [3.63, 3.8) is 0 Å². The number of fused-ring (bicyclic) bond motifs is 1. The minimum atomic E-state index is -0.617. The molecule has 0 saturated carbocycles. The Morgan fingerprint density at radius 1 is 1.10 bits per heavy atom. The Labute approximate surface area is 172 Å². The number of hydrogen-bond donors (Lipinski definition) is 2. The monoisotopic (exact) mass is 401 g/mol. The highest BCUT2D eigenvalue weighted by Gasteiger charge is 2.39. The third-order valence-corrected chi connectivity index (χ3v) is 5.57. The Kier molecular flexibility index (Phi) is 4.13. The lowest BCUT2D eigenvalue weighted by Crippen LogP contribution is -2.52. The highest BCUT2D eigenvalue weighted by Crippen LogP contribution is 2.31. The second kappa shape index (κ2) is 6.84. The number of benzene rings is 2. The number of nitrogens with one attached hydrogen (secondary N) is 1. The summed E-state index contributed by atoms with van der Waals surface area (Å²) in [4.78, 5) is 42.5. The van der Waals surface area contributed by atoms with E-state index in [9.17, 15) is 14.4 Å². The standard InChI is InChI=1S/C22H19N5O3/c23-15-2-1-3-16(9-15)26-11-18(24-12-26)13-4-5-17-14(8-13)10-27(22(17)30)19-6-7-20(28)25-21(19)29/h1-5,8-9,11-12,19H,6-7,10,23H2,(H,25,28,29). The van der Waals surface area contributed by atoms with Crippen molar-refractivity contribution in [1.82, 2.24) is 19.8 Å². The molecule has 0 spiro atoms. The van der Waals surface area contributed by atoms with E-state index >= 15 is 0 Å². The summed E-state index contributed by atoms with van der Waals surface area (Å²) >= 11 is 0. The fourth-order valence-electron chi connectivity index (χ4n) is 4.03. The van der Waals surface area contributed by atoms with Crippen LogP contribution in [0.4, 0.5) is 5.69 Å². The number of nitrogens with two attached hydrogens (primary N) is 1. The fourth-order valence-corrected chi connectivity index (χ4v) is 4.03. The van der Waals surface area contributed by atoms with Crippen molar-refractivity contribution in [2.75, 3.05) is 5.73 Å². The van der Waals surface area contributed by atoms with Crippen molar-refractivity contribution in [3.8, 4) is 16.9 Å². The number of aromatic nitrogens is 2. The highest BCUT2D eigenvalue weighted by atomic mass is 16.2. The van der Waals surface area contributed by atoms with Gasteiger partial charge in [0.2, 0.25) is 11.8 Å². The van der Waals surface area contributed by atoms with E-state index in [0.717, 1.165) is 22.5 Å². The normalized spacial score (nSPS) is 18.5. The Bertz CT molecular complexity index is 1200. The summed E-state index contributed by atoms with van der Waals surface area (Å²) in [6, 6.07) is 12.5. The van der Waals surface area contributed by atoms with Gasteiger partial charge in [0, 0.05) is 41.7 Å². The molecule has 1 saturated heterocycles. The van der Waals surface area contributed by atoms with E-state index in [1.165, 1.54) is 0 Å². The largest absolute Gasteiger partial charge is 0.399 e. The first-order valence-electron chi connectivity index (χ1n) is 9.67. The van der Waals surface area contributed by atoms with Gasteiger partial charge in [-0.1, -0.05) is 12.1 Å². The number of piperidine rings is 1. The molecule has 0 aliphatic carbocycles. The maximum atomic E-state index is 12.8. The molecule has 0 bridgehead atoms. The summed E-state index contributed by atoms with van der Waals surface area (Å²) in [6.07, 6.45) is 4.22. The molecule has 1 fully saturated rings. The van der Waals surface area contributed by atoms with Gasteiger partial charge >= 0.3 is 0 Å². The maximum Gasteiger partial charge on any atom is 0.255 e. The van der Waals surface area contributed by atoms with Crippen LogP contribution in [0.2, 0.25) is 0 Å². The van der Waals surface area contributed by atoms with Gasteiger partial charge in [-0.2, -0.15) is 0 Å². The van der Waals surface area contributed by atoms with Crippen LogP contribution in [0, 0.1) is 0 Å². The first-order chi connectivity index (χ1) is 14.5. The molecule has 8 nitrogen and oxygen atoms in total. The number of anilines is 1. The van der Waals surface area contributed by atoms with E-state index < -0.39 is 11.9 Å². The van der Waals surface area contributed by atoms with Crippen LogP contribution >= 0.6 is 0 Å². The molecular weight excluding hydrogens is 382 g/mol. The van der Waals surface area contributed by atoms with Crippen molar-refractivity contribution in [2.45, 2.75) is 25.4 Å². The second-order valence-electron chi connectivity index (χ2n) is 7.53. The number of carbonyl (C=O) groups is 3. The molecule has 1 aromatic heterocycles. The average Bonchev–Trinajstić information content (AvgIpc) is 3.33. The van der Waals surface area contributed by atoms with E-state index in [-0.39, 0.29) is 18.2 Å². The predicted molar refractivity (Wildman–Crippen MR) is 109 cm³/mol. The zero-order valence-corrected chi connectivity index (χ0v) is 16.0. The molecule has 1 atom stereocenters. The van der Waals surface area contributed by atoms with Crippen LogP contribution in [-0.4, -0.2) is 38.2 Å². The number of imidazole rings is 1. The summed E-state index contributed by atoms with van der Waals surface area (Å²) in [5.41, 5.74) is 10.5. The Balaban J connectivity index is 1.41. The lowest BCUT2D eigenvalue weighted by atomic mass is 10.0. The number of carbonyl (C=O) groups excluding carboxylic acids is 3. The third-order valence-electron chi connectivity index (χ3n) is 5.57. The number of rotatable bonds is 3. The first kappa shape index (κ1) is 18.1. The van der Waals surface area contributed by atoms with Crippen LogP contribution in [0.15, 0.2) is 55.0 Å². The summed E-state index contributed by atoms with van der Waals surface area (Å²) in [5.74, 6) is -0.886. The molecule has 2 aliphatic heterocycles. The topological polar surface area (TPSA) is 110 Å². The molecule has 3 heterocycles. The number of amides is 3. The summed E-state index contributed by atoms with van der Waals surface area (Å²) in [7, 11) is 0. The summed E-state index contributed by atoms with van der Waals surface area (Å²) in [6.45, 7) is 0.338. The van der Waals surface area contributed by atoms with Gasteiger partial charge in [-0.05, 0) is 42.3 Å². The Hall–Kier alpha value is -3.94. The van der Waals surface area contributed by atoms with E-state index in [4.69, 9.17) is 5.73 Å². The molecule has 3 aromatic rings. The van der Waals surface area contributed by atoms with Gasteiger partial charge in [-0.25, -0.2) is 4.98 Å². The molecule has 3 amide bonds. The number of imide groups is 1. The fraction of sp³-hybridized carbons (Fsp3) is 0.182. The first-order valence-corrected chi connectivity index (χ1v) is 9.67. The van der Waals surface area contributed by atoms with Crippen LogP contribution in [0.5, 0.6) is 0 Å². The van der Waals surface area contributed by atoms with Gasteiger partial charge in [0.1, 0.15) is 6.04 Å². The number of hydrogen-bond acceptors (Lipinski definition) is 5. The van der Waals surface area contributed by atoms with Crippen molar-refractivity contribution in [3.05, 3.63) is 66.1 Å². The van der Waals surface area contributed by atoms with Crippen molar-refractivity contribution < 1.29 is 14.4 Å². The molecule has 5 rings (SSSR count). The molecule has 2 aliphatic rings. The molecule has 2 aromatic carbocycles. The van der Waals surface area contributed by atoms with Gasteiger partial charge in [0.25, 0.3) is 5.91 Å². The SMILES string of the molecule is Nc1cccc(-n2cnc(-c3ccc4c(c3)CN(C3CCC(=O)NC3=O)C4=O)c2)c1. The van der Waals surface area contributed by atoms with Crippen LogP contribution in [0.1, 0.15) is 28.8 Å². The van der Waals surface area contributed by atoms with Gasteiger partial charge in [-0.15, -0.1) is 0 Å². The van der Waals surface area contributed by atoms with Crippen molar-refractivity contribution >= 4 is 23.4 Å². The van der Waals surface area contributed by atoms with Crippen LogP contribution < -0.4 is 11.1 Å². The minimum Gasteiger partial charge on any atom is -0.399 e.